The number of aryl methyl sites for hydroxylation is 2. The maximum atomic E-state index is 14.4. The van der Waals surface area contributed by atoms with Crippen LogP contribution in [0.2, 0.25) is 0 Å². The number of nitrogens with zero attached hydrogens (tertiary/aromatic N) is 2. The second-order valence-corrected chi connectivity index (χ2v) is 9.54. The summed E-state index contributed by atoms with van der Waals surface area (Å²) in [4.78, 5) is 30.6. The van der Waals surface area contributed by atoms with E-state index in [2.05, 4.69) is 22.8 Å². The molecule has 1 aliphatic rings. The molecule has 0 saturated heterocycles. The monoisotopic (exact) mass is 566 g/mol. The molecule has 2 aromatic rings. The van der Waals surface area contributed by atoms with Gasteiger partial charge in [-0.15, -0.1) is 12.4 Å². The third-order valence-electron chi connectivity index (χ3n) is 6.45. The number of carboxylic acids is 1. The van der Waals surface area contributed by atoms with Crippen molar-refractivity contribution in [3.05, 3.63) is 59.3 Å². The average Bonchev–Trinajstić information content (AvgIpc) is 2.92. The Kier molecular flexibility index (Phi) is 14.6. The quantitative estimate of drug-likeness (QED) is 0.259. The van der Waals surface area contributed by atoms with Crippen LogP contribution in [0.15, 0.2) is 42.5 Å². The highest BCUT2D eigenvalue weighted by Gasteiger charge is 2.23. The van der Waals surface area contributed by atoms with E-state index in [0.717, 1.165) is 55.7 Å². The number of carbonyl (C=O) groups excluding carboxylic acids is 1. The van der Waals surface area contributed by atoms with Gasteiger partial charge in [0.2, 0.25) is 0 Å². The Morgan fingerprint density at radius 3 is 2.72 bits per heavy atom. The second-order valence-electron chi connectivity index (χ2n) is 9.54. The average molecular weight is 567 g/mol. The number of halogens is 2. The van der Waals surface area contributed by atoms with E-state index in [-0.39, 0.29) is 38.6 Å². The number of aromatic nitrogens is 1. The molecule has 2 heterocycles. The third-order valence-corrected chi connectivity index (χ3v) is 6.45. The van der Waals surface area contributed by atoms with Gasteiger partial charge in [0.1, 0.15) is 24.6 Å². The van der Waals surface area contributed by atoms with Crippen LogP contribution in [-0.4, -0.2) is 79.2 Å². The summed E-state index contributed by atoms with van der Waals surface area (Å²) in [6.07, 6.45) is 2.78. The molecule has 0 unspecified atom stereocenters. The van der Waals surface area contributed by atoms with Crippen molar-refractivity contribution in [3.8, 4) is 0 Å². The normalized spacial score (nSPS) is 13.9. The molecule has 3 rings (SSSR count). The smallest absolute Gasteiger partial charge is 0.408 e. The lowest BCUT2D eigenvalue weighted by atomic mass is 10.1. The van der Waals surface area contributed by atoms with Crippen LogP contribution in [0.4, 0.5) is 15.0 Å². The first-order valence-corrected chi connectivity index (χ1v) is 13.2. The minimum Gasteiger partial charge on any atom is -0.480 e. The molecule has 1 aromatic heterocycles. The Bertz CT molecular complexity index is 1020. The Hall–Kier alpha value is -2.95. The Morgan fingerprint density at radius 1 is 1.18 bits per heavy atom. The zero-order valence-corrected chi connectivity index (χ0v) is 23.3. The number of rotatable bonds is 16. The first-order valence-electron chi connectivity index (χ1n) is 13.2. The van der Waals surface area contributed by atoms with Gasteiger partial charge in [-0.3, -0.25) is 0 Å². The molecule has 3 N–H and O–H groups in total. The number of anilines is 1. The van der Waals surface area contributed by atoms with E-state index in [9.17, 15) is 19.1 Å². The maximum Gasteiger partial charge on any atom is 0.408 e. The van der Waals surface area contributed by atoms with Crippen molar-refractivity contribution in [2.45, 2.75) is 57.3 Å². The van der Waals surface area contributed by atoms with Gasteiger partial charge in [-0.25, -0.2) is 19.0 Å². The van der Waals surface area contributed by atoms with Crippen LogP contribution in [0.1, 0.15) is 42.5 Å². The maximum absolute atomic E-state index is 14.4. The summed E-state index contributed by atoms with van der Waals surface area (Å²) in [5.74, 6) is -0.188. The Balaban J connectivity index is 0.00000533. The number of pyridine rings is 1. The Labute approximate surface area is 235 Å². The molecule has 216 valence electrons. The van der Waals surface area contributed by atoms with Crippen molar-refractivity contribution < 1.29 is 28.6 Å². The number of alkyl carbamates (subject to hydrolysis) is 1. The van der Waals surface area contributed by atoms with Crippen LogP contribution < -0.4 is 10.6 Å². The van der Waals surface area contributed by atoms with E-state index in [0.29, 0.717) is 13.1 Å². The molecule has 11 heteroatoms. The predicted molar refractivity (Wildman–Crippen MR) is 150 cm³/mol. The van der Waals surface area contributed by atoms with Crippen molar-refractivity contribution in [2.75, 3.05) is 45.2 Å². The summed E-state index contributed by atoms with van der Waals surface area (Å²) in [7, 11) is 1.45. The van der Waals surface area contributed by atoms with Gasteiger partial charge in [-0.05, 0) is 62.3 Å². The van der Waals surface area contributed by atoms with E-state index < -0.39 is 24.3 Å². The minimum atomic E-state index is -1.19. The van der Waals surface area contributed by atoms with Gasteiger partial charge in [-0.2, -0.15) is 0 Å². The molecule has 2 atom stereocenters. The number of aliphatic carboxylic acids is 1. The molecular weight excluding hydrogens is 527 g/mol. The summed E-state index contributed by atoms with van der Waals surface area (Å²) in [5.41, 5.74) is 3.08. The number of alkyl halides is 1. The fourth-order valence-electron chi connectivity index (χ4n) is 4.43. The third kappa shape index (κ3) is 11.8. The number of carboxylic acid groups (broad SMARTS) is 1. The molecule has 39 heavy (non-hydrogen) atoms. The lowest BCUT2D eigenvalue weighted by Crippen LogP contribution is -2.44. The number of unbranched alkanes of at least 4 members (excludes halogenated alkanes) is 1. The minimum absolute atomic E-state index is 0. The molecule has 1 aliphatic heterocycles. The molecule has 0 radical (unpaired) electrons. The van der Waals surface area contributed by atoms with E-state index in [1.54, 1.807) is 0 Å². The highest BCUT2D eigenvalue weighted by molar-refractivity contribution is 5.85. The molecule has 0 bridgehead atoms. The van der Waals surface area contributed by atoms with Gasteiger partial charge in [0.05, 0.1) is 6.61 Å². The van der Waals surface area contributed by atoms with Crippen molar-refractivity contribution in [3.63, 3.8) is 0 Å². The molecule has 0 spiro atoms. The van der Waals surface area contributed by atoms with E-state index >= 15 is 0 Å². The van der Waals surface area contributed by atoms with Crippen LogP contribution >= 0.6 is 12.4 Å². The van der Waals surface area contributed by atoms with Crippen LogP contribution in [0.5, 0.6) is 0 Å². The largest absolute Gasteiger partial charge is 0.480 e. The molecule has 0 fully saturated rings. The number of ether oxygens (including phenoxy) is 2. The molecule has 1 amide bonds. The van der Waals surface area contributed by atoms with Crippen LogP contribution in [0.3, 0.4) is 0 Å². The molecule has 1 aromatic carbocycles. The van der Waals surface area contributed by atoms with Crippen LogP contribution in [0, 0.1) is 0 Å². The lowest BCUT2D eigenvalue weighted by molar-refractivity contribution is -0.139. The van der Waals surface area contributed by atoms with Crippen molar-refractivity contribution >= 4 is 30.3 Å². The molecule has 0 saturated carbocycles. The van der Waals surface area contributed by atoms with Gasteiger partial charge in [-0.1, -0.05) is 36.4 Å². The van der Waals surface area contributed by atoms with Crippen molar-refractivity contribution in [1.29, 1.82) is 0 Å². The summed E-state index contributed by atoms with van der Waals surface area (Å²) in [6, 6.07) is 12.2. The molecule has 9 nitrogen and oxygen atoms in total. The zero-order chi connectivity index (χ0) is 27.2. The van der Waals surface area contributed by atoms with Gasteiger partial charge >= 0.3 is 12.1 Å². The number of benzene rings is 1. The number of nitrogens with one attached hydrogen (secondary N) is 2. The summed E-state index contributed by atoms with van der Waals surface area (Å²) in [5, 5.41) is 15.4. The summed E-state index contributed by atoms with van der Waals surface area (Å²) >= 11 is 0. The first kappa shape index (κ1) is 32.3. The second kappa shape index (κ2) is 17.6. The fraction of sp³-hybridized carbons (Fsp3) is 0.536. The first-order chi connectivity index (χ1) is 18.4. The van der Waals surface area contributed by atoms with E-state index in [1.165, 1.54) is 12.7 Å². The van der Waals surface area contributed by atoms with Gasteiger partial charge < -0.3 is 30.1 Å². The number of amides is 1. The van der Waals surface area contributed by atoms with Crippen molar-refractivity contribution in [2.24, 2.45) is 0 Å². The van der Waals surface area contributed by atoms with Crippen molar-refractivity contribution in [1.82, 2.24) is 15.2 Å². The Morgan fingerprint density at radius 2 is 1.97 bits per heavy atom. The summed E-state index contributed by atoms with van der Waals surface area (Å²) in [6.45, 7) is 1.98. The topological polar surface area (TPSA) is 113 Å². The number of hydrogen-bond donors (Lipinski definition) is 3. The predicted octanol–water partition coefficient (Wildman–Crippen LogP) is 4.24. The SMILES string of the molecule is COC[C@@H](F)CN(CCCCc1ccc2c(n1)NCCC2)CC[C@H](NC(=O)OCc1ccccc1)C(=O)O.Cl. The number of hydrogen-bond acceptors (Lipinski definition) is 7. The molecular formula is C28H40ClFN4O5. The van der Waals surface area contributed by atoms with Gasteiger partial charge in [0, 0.05) is 32.4 Å². The molecule has 0 aliphatic carbocycles. The zero-order valence-electron chi connectivity index (χ0n) is 22.4. The van der Waals surface area contributed by atoms with Gasteiger partial charge in [0.15, 0.2) is 0 Å². The van der Waals surface area contributed by atoms with Gasteiger partial charge in [0.25, 0.3) is 0 Å². The highest BCUT2D eigenvalue weighted by atomic mass is 35.5. The number of carbonyl (C=O) groups is 2. The van der Waals surface area contributed by atoms with Crippen LogP contribution in [0.25, 0.3) is 0 Å². The van der Waals surface area contributed by atoms with E-state index in [1.807, 2.05) is 35.2 Å². The van der Waals surface area contributed by atoms with Crippen LogP contribution in [-0.2, 0) is 33.7 Å². The summed E-state index contributed by atoms with van der Waals surface area (Å²) < 4.78 is 24.4. The van der Waals surface area contributed by atoms with E-state index in [4.69, 9.17) is 14.5 Å². The lowest BCUT2D eigenvalue weighted by Gasteiger charge is -2.25. The standard InChI is InChI=1S/C28H39FN4O5.ClH/c1-37-20-23(29)18-33(16-6-5-11-24-13-12-22-10-7-15-30-26(22)31-24)17-14-25(27(34)35)32-28(36)38-19-21-8-3-2-4-9-21;/h2-4,8-9,12-13,23,25H,5-7,10-11,14-20H2,1H3,(H,30,31)(H,32,36)(H,34,35);1H/t23-,25-;/m0./s1. The fourth-order valence-corrected chi connectivity index (χ4v) is 4.43. The number of fused-ring (bicyclic) bond motifs is 1. The highest BCUT2D eigenvalue weighted by Crippen LogP contribution is 2.20. The number of methoxy groups -OCH3 is 1.